The van der Waals surface area contributed by atoms with Crippen LogP contribution in [0, 0.1) is 12.7 Å². The van der Waals surface area contributed by atoms with Crippen LogP contribution in [0.25, 0.3) is 16.7 Å². The number of carbonyl (C=O) groups is 1. The lowest BCUT2D eigenvalue weighted by Crippen LogP contribution is -2.59. The number of hydrogen-bond acceptors (Lipinski definition) is 7. The van der Waals surface area contributed by atoms with E-state index in [0.717, 1.165) is 5.56 Å². The molecule has 2 atom stereocenters. The quantitative estimate of drug-likeness (QED) is 0.416. The Morgan fingerprint density at radius 3 is 2.50 bits per heavy atom. The predicted octanol–water partition coefficient (Wildman–Crippen LogP) is 5.23. The van der Waals surface area contributed by atoms with E-state index in [1.165, 1.54) is 10.6 Å². The standard InChI is InChI=1S/C27H34ClFN6O3/c1-14(2)20-21(15(3)9-10-30-20)35-24-18(11-19(29)22(28)31-24)23(32-25(35)36)33-12-17(5)34(13-16(33)4)26(37)38-27(6,7)8/h9-11,14,16-17H,12-13H2,1-8H3. The van der Waals surface area contributed by atoms with Crippen LogP contribution in [0.4, 0.5) is 15.0 Å². The zero-order valence-corrected chi connectivity index (χ0v) is 23.8. The third-order valence-corrected chi connectivity index (χ3v) is 6.83. The van der Waals surface area contributed by atoms with E-state index in [2.05, 4.69) is 15.0 Å². The second-order valence-corrected chi connectivity index (χ2v) is 11.5. The molecule has 38 heavy (non-hydrogen) atoms. The molecule has 9 nitrogen and oxygen atoms in total. The first-order valence-electron chi connectivity index (χ1n) is 12.7. The van der Waals surface area contributed by atoms with Crippen molar-refractivity contribution in [2.24, 2.45) is 0 Å². The van der Waals surface area contributed by atoms with Crippen molar-refractivity contribution >= 4 is 34.5 Å². The van der Waals surface area contributed by atoms with Gasteiger partial charge in [-0.1, -0.05) is 25.4 Å². The van der Waals surface area contributed by atoms with Crippen LogP contribution in [0.1, 0.15) is 65.6 Å². The minimum Gasteiger partial charge on any atom is -0.444 e. The molecule has 3 aromatic rings. The molecule has 1 amide bonds. The van der Waals surface area contributed by atoms with E-state index in [4.69, 9.17) is 16.3 Å². The van der Waals surface area contributed by atoms with Gasteiger partial charge in [-0.25, -0.2) is 23.5 Å². The minimum absolute atomic E-state index is 0.00394. The number of anilines is 1. The average Bonchev–Trinajstić information content (AvgIpc) is 2.80. The number of halogens is 2. The molecular formula is C27H34ClFN6O3. The van der Waals surface area contributed by atoms with E-state index < -0.39 is 23.2 Å². The maximum absolute atomic E-state index is 14.8. The molecule has 11 heteroatoms. The number of fused-ring (bicyclic) bond motifs is 1. The van der Waals surface area contributed by atoms with Gasteiger partial charge in [0.2, 0.25) is 0 Å². The first-order valence-corrected chi connectivity index (χ1v) is 13.1. The van der Waals surface area contributed by atoms with Crippen molar-refractivity contribution in [3.63, 3.8) is 0 Å². The van der Waals surface area contributed by atoms with Crippen molar-refractivity contribution in [3.05, 3.63) is 51.0 Å². The molecule has 0 saturated carbocycles. The number of carbonyl (C=O) groups excluding carboxylic acids is 1. The number of hydrogen-bond donors (Lipinski definition) is 0. The molecular weight excluding hydrogens is 511 g/mol. The summed E-state index contributed by atoms with van der Waals surface area (Å²) < 4.78 is 21.8. The van der Waals surface area contributed by atoms with Gasteiger partial charge < -0.3 is 14.5 Å². The minimum atomic E-state index is -0.715. The molecule has 1 fully saturated rings. The first-order chi connectivity index (χ1) is 17.7. The highest BCUT2D eigenvalue weighted by molar-refractivity contribution is 6.30. The maximum Gasteiger partial charge on any atom is 0.410 e. The highest BCUT2D eigenvalue weighted by Gasteiger charge is 2.36. The van der Waals surface area contributed by atoms with Crippen molar-refractivity contribution in [1.82, 2.24) is 24.4 Å². The summed E-state index contributed by atoms with van der Waals surface area (Å²) in [6, 6.07) is 2.58. The van der Waals surface area contributed by atoms with Crippen molar-refractivity contribution in [3.8, 4) is 5.69 Å². The highest BCUT2D eigenvalue weighted by Crippen LogP contribution is 2.32. The van der Waals surface area contributed by atoms with E-state index in [9.17, 15) is 14.0 Å². The molecule has 0 radical (unpaired) electrons. The second-order valence-electron chi connectivity index (χ2n) is 11.2. The summed E-state index contributed by atoms with van der Waals surface area (Å²) >= 11 is 6.13. The van der Waals surface area contributed by atoms with Gasteiger partial charge in [0, 0.05) is 31.4 Å². The predicted molar refractivity (Wildman–Crippen MR) is 146 cm³/mol. The van der Waals surface area contributed by atoms with Crippen molar-refractivity contribution in [2.45, 2.75) is 79.0 Å². The lowest BCUT2D eigenvalue weighted by Gasteiger charge is -2.44. The lowest BCUT2D eigenvalue weighted by molar-refractivity contribution is 0.0130. The molecule has 0 aromatic carbocycles. The van der Waals surface area contributed by atoms with E-state index >= 15 is 0 Å². The van der Waals surface area contributed by atoms with E-state index in [1.54, 1.807) is 17.2 Å². The first kappa shape index (κ1) is 27.8. The molecule has 0 bridgehead atoms. The Balaban J connectivity index is 1.88. The summed E-state index contributed by atoms with van der Waals surface area (Å²) in [5.41, 5.74) is 1.05. The van der Waals surface area contributed by atoms with Crippen LogP contribution in [-0.2, 0) is 4.74 Å². The van der Waals surface area contributed by atoms with Gasteiger partial charge in [-0.05, 0) is 65.2 Å². The molecule has 0 spiro atoms. The van der Waals surface area contributed by atoms with Gasteiger partial charge in [-0.3, -0.25) is 4.98 Å². The summed E-state index contributed by atoms with van der Waals surface area (Å²) in [6.45, 7) is 15.8. The largest absolute Gasteiger partial charge is 0.444 e. The van der Waals surface area contributed by atoms with Crippen LogP contribution >= 0.6 is 11.6 Å². The monoisotopic (exact) mass is 544 g/mol. The lowest BCUT2D eigenvalue weighted by atomic mass is 10.0. The molecule has 0 N–H and O–H groups in total. The number of ether oxygens (including phenoxy) is 1. The van der Waals surface area contributed by atoms with Crippen molar-refractivity contribution in [1.29, 1.82) is 0 Å². The van der Waals surface area contributed by atoms with Crippen molar-refractivity contribution < 1.29 is 13.9 Å². The normalized spacial score (nSPS) is 18.4. The summed E-state index contributed by atoms with van der Waals surface area (Å²) in [5.74, 6) is -0.420. The Labute approximate surface area is 226 Å². The van der Waals surface area contributed by atoms with Crippen LogP contribution in [0.15, 0.2) is 23.1 Å². The fraction of sp³-hybridized carbons (Fsp3) is 0.519. The second kappa shape index (κ2) is 10.1. The van der Waals surface area contributed by atoms with Crippen LogP contribution in [-0.4, -0.2) is 61.3 Å². The van der Waals surface area contributed by atoms with E-state index in [0.29, 0.717) is 35.7 Å². The maximum atomic E-state index is 14.8. The highest BCUT2D eigenvalue weighted by atomic mass is 35.5. The van der Waals surface area contributed by atoms with E-state index in [1.807, 2.05) is 60.3 Å². The van der Waals surface area contributed by atoms with Gasteiger partial charge in [0.15, 0.2) is 16.6 Å². The number of aryl methyl sites for hydroxylation is 1. The molecule has 0 aliphatic carbocycles. The van der Waals surface area contributed by atoms with Crippen LogP contribution < -0.4 is 10.6 Å². The van der Waals surface area contributed by atoms with E-state index in [-0.39, 0.29) is 28.8 Å². The molecule has 2 unspecified atom stereocenters. The summed E-state index contributed by atoms with van der Waals surface area (Å²) in [7, 11) is 0. The Morgan fingerprint density at radius 1 is 1.18 bits per heavy atom. The molecule has 1 aliphatic heterocycles. The SMILES string of the molecule is Cc1ccnc(C(C)C)c1-n1c(=O)nc(N2CC(C)N(C(=O)OC(C)(C)C)CC2C)c2cc(F)c(Cl)nc21. The van der Waals surface area contributed by atoms with Gasteiger partial charge in [-0.15, -0.1) is 0 Å². The number of rotatable bonds is 3. The summed E-state index contributed by atoms with van der Waals surface area (Å²) in [4.78, 5) is 43.3. The number of aromatic nitrogens is 4. The number of pyridine rings is 2. The number of piperazine rings is 1. The van der Waals surface area contributed by atoms with Gasteiger partial charge in [-0.2, -0.15) is 4.98 Å². The van der Waals surface area contributed by atoms with Crippen LogP contribution in [0.5, 0.6) is 0 Å². The summed E-state index contributed by atoms with van der Waals surface area (Å²) in [6.07, 6.45) is 1.29. The average molecular weight is 545 g/mol. The Kier molecular flexibility index (Phi) is 7.40. The fourth-order valence-corrected chi connectivity index (χ4v) is 4.92. The molecule has 1 saturated heterocycles. The van der Waals surface area contributed by atoms with Crippen molar-refractivity contribution in [2.75, 3.05) is 18.0 Å². The Morgan fingerprint density at radius 2 is 1.87 bits per heavy atom. The van der Waals surface area contributed by atoms with Gasteiger partial charge in [0.25, 0.3) is 0 Å². The molecule has 3 aromatic heterocycles. The van der Waals surface area contributed by atoms with Gasteiger partial charge in [0.05, 0.1) is 16.8 Å². The molecule has 204 valence electrons. The van der Waals surface area contributed by atoms with Crippen LogP contribution in [0.3, 0.4) is 0 Å². The molecule has 4 rings (SSSR count). The third kappa shape index (κ3) is 5.18. The third-order valence-electron chi connectivity index (χ3n) is 6.57. The Hall–Kier alpha value is -3.27. The fourth-order valence-electron chi connectivity index (χ4n) is 4.79. The number of amides is 1. The summed E-state index contributed by atoms with van der Waals surface area (Å²) in [5, 5.41) is 0.000768. The smallest absolute Gasteiger partial charge is 0.410 e. The zero-order chi connectivity index (χ0) is 28.1. The van der Waals surface area contributed by atoms with Crippen LogP contribution in [0.2, 0.25) is 5.15 Å². The topological polar surface area (TPSA) is 93.5 Å². The van der Waals surface area contributed by atoms with Gasteiger partial charge in [0.1, 0.15) is 11.4 Å². The molecule has 4 heterocycles. The zero-order valence-electron chi connectivity index (χ0n) is 23.0. The molecule has 1 aliphatic rings. The Bertz CT molecular complexity index is 1450. The number of nitrogens with zero attached hydrogens (tertiary/aromatic N) is 6. The van der Waals surface area contributed by atoms with Gasteiger partial charge >= 0.3 is 11.8 Å².